The van der Waals surface area contributed by atoms with Gasteiger partial charge in [-0.2, -0.15) is 18.3 Å². The summed E-state index contributed by atoms with van der Waals surface area (Å²) in [7, 11) is 0. The van der Waals surface area contributed by atoms with Crippen LogP contribution in [0.15, 0.2) is 54.6 Å². The molecule has 2 aromatic carbocycles. The summed E-state index contributed by atoms with van der Waals surface area (Å²) in [5.41, 5.74) is 2.03. The summed E-state index contributed by atoms with van der Waals surface area (Å²) in [6.45, 7) is 3.59. The normalized spacial score (nSPS) is 11.8. The number of para-hydroxylation sites is 1. The van der Waals surface area contributed by atoms with Crippen molar-refractivity contribution in [2.45, 2.75) is 20.0 Å². The van der Waals surface area contributed by atoms with E-state index in [0.717, 1.165) is 23.5 Å². The first-order valence-corrected chi connectivity index (χ1v) is 9.02. The van der Waals surface area contributed by atoms with Crippen molar-refractivity contribution in [3.8, 4) is 5.69 Å². The second kappa shape index (κ2) is 8.13. The predicted octanol–water partition coefficient (Wildman–Crippen LogP) is 5.81. The summed E-state index contributed by atoms with van der Waals surface area (Å²) in [6, 6.07) is 12.9. The van der Waals surface area contributed by atoms with Gasteiger partial charge in [0.2, 0.25) is 5.91 Å². The highest BCUT2D eigenvalue weighted by molar-refractivity contribution is 6.31. The highest BCUT2D eigenvalue weighted by Gasteiger charge is 2.33. The number of carbonyl (C=O) groups is 1. The zero-order valence-electron chi connectivity index (χ0n) is 15.6. The molecule has 0 aliphatic carbocycles. The minimum atomic E-state index is -4.57. The molecule has 0 aliphatic rings. The molecule has 8 heteroatoms. The monoisotopic (exact) mass is 419 g/mol. The lowest BCUT2D eigenvalue weighted by Gasteiger charge is -2.09. The Labute approximate surface area is 170 Å². The molecule has 0 aliphatic heterocycles. The minimum Gasteiger partial charge on any atom is -0.319 e. The zero-order valence-corrected chi connectivity index (χ0v) is 16.3. The van der Waals surface area contributed by atoms with Gasteiger partial charge in [0.1, 0.15) is 0 Å². The fourth-order valence-corrected chi connectivity index (χ4v) is 3.07. The lowest BCUT2D eigenvalue weighted by Crippen LogP contribution is -2.10. The van der Waals surface area contributed by atoms with E-state index in [2.05, 4.69) is 10.4 Å². The van der Waals surface area contributed by atoms with Crippen molar-refractivity contribution in [3.63, 3.8) is 0 Å². The van der Waals surface area contributed by atoms with Gasteiger partial charge in [0.25, 0.3) is 0 Å². The number of benzene rings is 2. The van der Waals surface area contributed by atoms with E-state index in [1.165, 1.54) is 18.2 Å². The molecule has 150 valence electrons. The van der Waals surface area contributed by atoms with Crippen LogP contribution in [-0.4, -0.2) is 15.7 Å². The number of aromatic nitrogens is 2. The van der Waals surface area contributed by atoms with Crippen LogP contribution in [0.5, 0.6) is 0 Å². The van der Waals surface area contributed by atoms with Crippen LogP contribution in [0, 0.1) is 13.8 Å². The smallest absolute Gasteiger partial charge is 0.319 e. The van der Waals surface area contributed by atoms with Crippen molar-refractivity contribution in [2.24, 2.45) is 0 Å². The summed E-state index contributed by atoms with van der Waals surface area (Å²) >= 11 is 5.61. The van der Waals surface area contributed by atoms with Crippen molar-refractivity contribution in [3.05, 3.63) is 82.1 Å². The number of carbonyl (C=O) groups excluding carboxylic acids is 1. The van der Waals surface area contributed by atoms with E-state index >= 15 is 0 Å². The maximum atomic E-state index is 12.9. The molecule has 0 atom stereocenters. The van der Waals surface area contributed by atoms with Gasteiger partial charge < -0.3 is 5.32 Å². The second-order valence-corrected chi connectivity index (χ2v) is 6.76. The van der Waals surface area contributed by atoms with Gasteiger partial charge in [-0.3, -0.25) is 4.79 Å². The van der Waals surface area contributed by atoms with E-state index < -0.39 is 22.7 Å². The third kappa shape index (κ3) is 4.68. The third-order valence-electron chi connectivity index (χ3n) is 4.26. The van der Waals surface area contributed by atoms with E-state index in [1.54, 1.807) is 11.6 Å². The SMILES string of the molecule is Cc1nn(-c2ccccc2)c(C)c1NC(=O)/C=C/c1ccc(Cl)c(C(F)(F)F)c1. The van der Waals surface area contributed by atoms with Crippen LogP contribution < -0.4 is 5.32 Å². The molecule has 0 spiro atoms. The number of halogens is 4. The quantitative estimate of drug-likeness (QED) is 0.542. The fourth-order valence-electron chi connectivity index (χ4n) is 2.84. The maximum Gasteiger partial charge on any atom is 0.417 e. The number of rotatable bonds is 4. The second-order valence-electron chi connectivity index (χ2n) is 6.35. The highest BCUT2D eigenvalue weighted by atomic mass is 35.5. The van der Waals surface area contributed by atoms with Crippen molar-refractivity contribution in [1.82, 2.24) is 9.78 Å². The van der Waals surface area contributed by atoms with Crippen molar-refractivity contribution in [2.75, 3.05) is 5.32 Å². The predicted molar refractivity (Wildman–Crippen MR) is 107 cm³/mol. The average Bonchev–Trinajstić information content (AvgIpc) is 2.95. The lowest BCUT2D eigenvalue weighted by atomic mass is 10.1. The van der Waals surface area contributed by atoms with Gasteiger partial charge in [0.05, 0.1) is 33.3 Å². The molecule has 1 amide bonds. The topological polar surface area (TPSA) is 46.9 Å². The number of nitrogens with zero attached hydrogens (tertiary/aromatic N) is 2. The molecular weight excluding hydrogens is 403 g/mol. The molecule has 0 saturated carbocycles. The Bertz CT molecular complexity index is 1070. The van der Waals surface area contributed by atoms with Gasteiger partial charge in [0.15, 0.2) is 0 Å². The molecule has 0 radical (unpaired) electrons. The van der Waals surface area contributed by atoms with Crippen LogP contribution in [0.2, 0.25) is 5.02 Å². The number of anilines is 1. The van der Waals surface area contributed by atoms with Crippen LogP contribution in [0.1, 0.15) is 22.5 Å². The van der Waals surface area contributed by atoms with Gasteiger partial charge in [-0.1, -0.05) is 35.9 Å². The molecular formula is C21H17ClF3N3O. The van der Waals surface area contributed by atoms with E-state index in [1.807, 2.05) is 37.3 Å². The number of aryl methyl sites for hydroxylation is 1. The van der Waals surface area contributed by atoms with Crippen LogP contribution in [0.4, 0.5) is 18.9 Å². The average molecular weight is 420 g/mol. The summed E-state index contributed by atoms with van der Waals surface area (Å²) in [5.74, 6) is -0.479. The third-order valence-corrected chi connectivity index (χ3v) is 4.59. The van der Waals surface area contributed by atoms with Crippen LogP contribution in [0.3, 0.4) is 0 Å². The molecule has 3 aromatic rings. The number of alkyl halides is 3. The lowest BCUT2D eigenvalue weighted by molar-refractivity contribution is -0.137. The number of hydrogen-bond acceptors (Lipinski definition) is 2. The fraction of sp³-hybridized carbons (Fsp3) is 0.143. The Kier molecular flexibility index (Phi) is 5.79. The van der Waals surface area contributed by atoms with Crippen LogP contribution in [-0.2, 0) is 11.0 Å². The molecule has 1 aromatic heterocycles. The molecule has 0 unspecified atom stereocenters. The molecule has 0 bridgehead atoms. The Morgan fingerprint density at radius 2 is 1.83 bits per heavy atom. The Hall–Kier alpha value is -3.06. The molecule has 0 saturated heterocycles. The first kappa shape index (κ1) is 20.7. The first-order valence-electron chi connectivity index (χ1n) is 8.64. The summed E-state index contributed by atoms with van der Waals surface area (Å²) in [5, 5.41) is 6.79. The number of nitrogens with one attached hydrogen (secondary N) is 1. The van der Waals surface area contributed by atoms with E-state index in [4.69, 9.17) is 11.6 Å². The van der Waals surface area contributed by atoms with Crippen LogP contribution >= 0.6 is 11.6 Å². The van der Waals surface area contributed by atoms with Gasteiger partial charge >= 0.3 is 6.18 Å². The summed E-state index contributed by atoms with van der Waals surface area (Å²) in [6.07, 6.45) is -2.10. The van der Waals surface area contributed by atoms with Gasteiger partial charge in [0, 0.05) is 6.08 Å². The molecule has 1 N–H and O–H groups in total. The molecule has 29 heavy (non-hydrogen) atoms. The summed E-state index contributed by atoms with van der Waals surface area (Å²) < 4.78 is 40.6. The summed E-state index contributed by atoms with van der Waals surface area (Å²) in [4.78, 5) is 12.3. The maximum absolute atomic E-state index is 12.9. The molecule has 1 heterocycles. The minimum absolute atomic E-state index is 0.213. The Morgan fingerprint density at radius 3 is 2.48 bits per heavy atom. The van der Waals surface area contributed by atoms with Gasteiger partial charge in [-0.05, 0) is 49.8 Å². The number of amides is 1. The molecule has 0 fully saturated rings. The highest BCUT2D eigenvalue weighted by Crippen LogP contribution is 2.35. The zero-order chi connectivity index (χ0) is 21.2. The van der Waals surface area contributed by atoms with Crippen molar-refractivity contribution < 1.29 is 18.0 Å². The van der Waals surface area contributed by atoms with E-state index in [9.17, 15) is 18.0 Å². The standard InChI is InChI=1S/C21H17ClF3N3O/c1-13-20(14(2)28(27-13)16-6-4-3-5-7-16)26-19(29)11-9-15-8-10-18(22)17(12-15)21(23,24)25/h3-12H,1-2H3,(H,26,29)/b11-9+. The molecule has 4 nitrogen and oxygen atoms in total. The Morgan fingerprint density at radius 1 is 1.14 bits per heavy atom. The molecule has 3 rings (SSSR count). The van der Waals surface area contributed by atoms with E-state index in [-0.39, 0.29) is 5.56 Å². The largest absolute Gasteiger partial charge is 0.417 e. The van der Waals surface area contributed by atoms with Crippen molar-refractivity contribution >= 4 is 29.3 Å². The van der Waals surface area contributed by atoms with Gasteiger partial charge in [-0.25, -0.2) is 4.68 Å². The van der Waals surface area contributed by atoms with E-state index in [0.29, 0.717) is 11.4 Å². The van der Waals surface area contributed by atoms with Gasteiger partial charge in [-0.15, -0.1) is 0 Å². The first-order chi connectivity index (χ1) is 13.7. The van der Waals surface area contributed by atoms with Crippen LogP contribution in [0.25, 0.3) is 11.8 Å². The van der Waals surface area contributed by atoms with Crippen molar-refractivity contribution in [1.29, 1.82) is 0 Å². The number of hydrogen-bond donors (Lipinski definition) is 1. The Balaban J connectivity index is 1.79.